The number of nitrogens with one attached hydrogen (secondary N) is 1. The molecule has 0 aromatic heterocycles. The van der Waals surface area contributed by atoms with Gasteiger partial charge >= 0.3 is 0 Å². The molecule has 0 heterocycles. The maximum atomic E-state index is 10.8. The quantitative estimate of drug-likeness (QED) is 0.583. The summed E-state index contributed by atoms with van der Waals surface area (Å²) in [6.45, 7) is 8.84. The molecular formula is C25H29NO. The van der Waals surface area contributed by atoms with Gasteiger partial charge in [-0.3, -0.25) is 5.32 Å². The van der Waals surface area contributed by atoms with E-state index in [1.165, 1.54) is 5.56 Å². The summed E-state index contributed by atoms with van der Waals surface area (Å²) in [5, 5.41) is 14.7. The smallest absolute Gasteiger partial charge is 0.121 e. The van der Waals surface area contributed by atoms with Gasteiger partial charge in [-0.1, -0.05) is 99.6 Å². The number of para-hydroxylation sites is 1. The average molecular weight is 360 g/mol. The lowest BCUT2D eigenvalue weighted by molar-refractivity contribution is 0.159. The Morgan fingerprint density at radius 3 is 1.81 bits per heavy atom. The highest BCUT2D eigenvalue weighted by Crippen LogP contribution is 2.48. The summed E-state index contributed by atoms with van der Waals surface area (Å²) in [7, 11) is 0. The molecule has 0 spiro atoms. The molecule has 27 heavy (non-hydrogen) atoms. The van der Waals surface area contributed by atoms with E-state index in [0.717, 1.165) is 11.1 Å². The topological polar surface area (TPSA) is 32.3 Å². The second kappa shape index (κ2) is 7.58. The van der Waals surface area contributed by atoms with Crippen molar-refractivity contribution in [2.45, 2.75) is 39.3 Å². The van der Waals surface area contributed by atoms with Crippen LogP contribution >= 0.6 is 0 Å². The van der Waals surface area contributed by atoms with Crippen LogP contribution in [0.2, 0.25) is 0 Å². The van der Waals surface area contributed by atoms with Gasteiger partial charge in [0.05, 0.1) is 5.54 Å². The van der Waals surface area contributed by atoms with Gasteiger partial charge < -0.3 is 5.11 Å². The van der Waals surface area contributed by atoms with E-state index in [9.17, 15) is 5.11 Å². The Kier molecular flexibility index (Phi) is 5.38. The van der Waals surface area contributed by atoms with Crippen molar-refractivity contribution in [2.24, 2.45) is 5.41 Å². The van der Waals surface area contributed by atoms with Crippen LogP contribution in [0.25, 0.3) is 0 Å². The Balaban J connectivity index is 2.23. The van der Waals surface area contributed by atoms with Crippen molar-refractivity contribution >= 4 is 0 Å². The number of aromatic hydroxyl groups is 1. The van der Waals surface area contributed by atoms with Crippen molar-refractivity contribution in [3.05, 3.63) is 102 Å². The Morgan fingerprint density at radius 1 is 0.741 bits per heavy atom. The van der Waals surface area contributed by atoms with Gasteiger partial charge in [-0.25, -0.2) is 0 Å². The molecule has 0 amide bonds. The molecule has 2 atom stereocenters. The molecule has 0 aliphatic carbocycles. The third-order valence-electron chi connectivity index (χ3n) is 5.37. The summed E-state index contributed by atoms with van der Waals surface area (Å²) in [5.74, 6) is 0.309. The maximum Gasteiger partial charge on any atom is 0.121 e. The second-order valence-corrected chi connectivity index (χ2v) is 8.16. The average Bonchev–Trinajstić information content (AvgIpc) is 2.67. The summed E-state index contributed by atoms with van der Waals surface area (Å²) < 4.78 is 0. The first kappa shape index (κ1) is 19.2. The van der Waals surface area contributed by atoms with E-state index in [4.69, 9.17) is 0 Å². The summed E-state index contributed by atoms with van der Waals surface area (Å²) >= 11 is 0. The fraction of sp³-hybridized carbons (Fsp3) is 0.280. The van der Waals surface area contributed by atoms with E-state index in [-0.39, 0.29) is 11.5 Å². The zero-order chi connectivity index (χ0) is 19.5. The number of hydrogen-bond acceptors (Lipinski definition) is 2. The zero-order valence-corrected chi connectivity index (χ0v) is 16.6. The van der Waals surface area contributed by atoms with Gasteiger partial charge in [0.15, 0.2) is 0 Å². The van der Waals surface area contributed by atoms with E-state index < -0.39 is 5.54 Å². The molecule has 0 fully saturated rings. The number of phenolic OH excluding ortho intramolecular Hbond substituents is 1. The highest BCUT2D eigenvalue weighted by molar-refractivity contribution is 5.48. The van der Waals surface area contributed by atoms with E-state index >= 15 is 0 Å². The van der Waals surface area contributed by atoms with Crippen LogP contribution in [-0.4, -0.2) is 5.11 Å². The lowest BCUT2D eigenvalue weighted by Crippen LogP contribution is -2.53. The summed E-state index contributed by atoms with van der Waals surface area (Å²) in [6, 6.07) is 28.6. The summed E-state index contributed by atoms with van der Waals surface area (Å²) in [4.78, 5) is 0. The molecule has 0 saturated carbocycles. The van der Waals surface area contributed by atoms with Crippen LogP contribution < -0.4 is 5.32 Å². The van der Waals surface area contributed by atoms with E-state index in [2.05, 4.69) is 81.5 Å². The molecule has 0 aliphatic heterocycles. The first-order valence-electron chi connectivity index (χ1n) is 9.53. The van der Waals surface area contributed by atoms with Crippen molar-refractivity contribution in [3.8, 4) is 5.75 Å². The molecule has 3 rings (SSSR count). The number of phenols is 1. The van der Waals surface area contributed by atoms with Gasteiger partial charge in [-0.05, 0) is 29.5 Å². The largest absolute Gasteiger partial charge is 0.508 e. The summed E-state index contributed by atoms with van der Waals surface area (Å²) in [5.41, 5.74) is 2.50. The SMILES string of the molecule is C[C@@H](N[C@@](c1ccccc1)(c1ccccc1O)C(C)(C)C)c1ccccc1. The standard InChI is InChI=1S/C25H29NO/c1-19(20-13-7-5-8-14-20)26-25(24(2,3)4,21-15-9-6-10-16-21)22-17-11-12-18-23(22)27/h5-19,26-27H,1-4H3/t19-,25+/m1/s1. The molecule has 3 aromatic carbocycles. The van der Waals surface area contributed by atoms with Crippen LogP contribution in [-0.2, 0) is 5.54 Å². The van der Waals surface area contributed by atoms with Gasteiger partial charge in [-0.2, -0.15) is 0 Å². The third-order valence-corrected chi connectivity index (χ3v) is 5.37. The maximum absolute atomic E-state index is 10.8. The van der Waals surface area contributed by atoms with Crippen molar-refractivity contribution in [3.63, 3.8) is 0 Å². The molecule has 0 aliphatic rings. The highest BCUT2D eigenvalue weighted by atomic mass is 16.3. The molecular weight excluding hydrogens is 330 g/mol. The van der Waals surface area contributed by atoms with Gasteiger partial charge in [0, 0.05) is 11.6 Å². The van der Waals surface area contributed by atoms with Gasteiger partial charge in [0.2, 0.25) is 0 Å². The zero-order valence-electron chi connectivity index (χ0n) is 16.6. The predicted octanol–water partition coefficient (Wildman–Crippen LogP) is 6.03. The minimum atomic E-state index is -0.561. The third kappa shape index (κ3) is 3.63. The lowest BCUT2D eigenvalue weighted by Gasteiger charge is -2.48. The number of benzene rings is 3. The van der Waals surface area contributed by atoms with Crippen molar-refractivity contribution in [1.29, 1.82) is 0 Å². The first-order chi connectivity index (χ1) is 12.9. The minimum Gasteiger partial charge on any atom is -0.508 e. The monoisotopic (exact) mass is 359 g/mol. The fourth-order valence-corrected chi connectivity index (χ4v) is 4.00. The molecule has 0 radical (unpaired) electrons. The highest BCUT2D eigenvalue weighted by Gasteiger charge is 2.47. The van der Waals surface area contributed by atoms with E-state index in [0.29, 0.717) is 5.75 Å². The fourth-order valence-electron chi connectivity index (χ4n) is 4.00. The van der Waals surface area contributed by atoms with Crippen molar-refractivity contribution < 1.29 is 5.11 Å². The molecule has 2 heteroatoms. The van der Waals surface area contributed by atoms with Crippen LogP contribution in [0.3, 0.4) is 0 Å². The molecule has 140 valence electrons. The Morgan fingerprint density at radius 2 is 1.26 bits per heavy atom. The van der Waals surface area contributed by atoms with Crippen molar-refractivity contribution in [1.82, 2.24) is 5.32 Å². The van der Waals surface area contributed by atoms with Gasteiger partial charge in [0.25, 0.3) is 0 Å². The molecule has 0 unspecified atom stereocenters. The number of hydrogen-bond donors (Lipinski definition) is 2. The van der Waals surface area contributed by atoms with E-state index in [1.54, 1.807) is 6.07 Å². The van der Waals surface area contributed by atoms with Gasteiger partial charge in [0.1, 0.15) is 5.75 Å². The van der Waals surface area contributed by atoms with Gasteiger partial charge in [-0.15, -0.1) is 0 Å². The molecule has 2 nitrogen and oxygen atoms in total. The van der Waals surface area contributed by atoms with Crippen LogP contribution in [0.4, 0.5) is 0 Å². The summed E-state index contributed by atoms with van der Waals surface area (Å²) in [6.07, 6.45) is 0. The van der Waals surface area contributed by atoms with Crippen LogP contribution in [0.1, 0.15) is 50.4 Å². The normalized spacial score (nSPS) is 15.1. The Bertz CT molecular complexity index is 868. The molecule has 0 bridgehead atoms. The second-order valence-electron chi connectivity index (χ2n) is 8.16. The lowest BCUT2D eigenvalue weighted by atomic mass is 9.64. The van der Waals surface area contributed by atoms with Crippen molar-refractivity contribution in [2.75, 3.05) is 0 Å². The minimum absolute atomic E-state index is 0.102. The van der Waals surface area contributed by atoms with Crippen LogP contribution in [0, 0.1) is 5.41 Å². The Labute approximate surface area is 162 Å². The van der Waals surface area contributed by atoms with E-state index in [1.807, 2.05) is 30.3 Å². The number of rotatable bonds is 5. The first-order valence-corrected chi connectivity index (χ1v) is 9.53. The Hall–Kier alpha value is -2.58. The molecule has 3 aromatic rings. The predicted molar refractivity (Wildman–Crippen MR) is 113 cm³/mol. The van der Waals surface area contributed by atoms with Crippen LogP contribution in [0.15, 0.2) is 84.9 Å². The molecule has 2 N–H and O–H groups in total. The van der Waals surface area contributed by atoms with Crippen LogP contribution in [0.5, 0.6) is 5.75 Å². The molecule has 0 saturated heterocycles.